The van der Waals surface area contributed by atoms with Gasteiger partial charge in [0, 0.05) is 36.6 Å². The number of fused-ring (bicyclic) bond motifs is 1. The van der Waals surface area contributed by atoms with Crippen LogP contribution in [-0.4, -0.2) is 42.6 Å². The fourth-order valence-electron chi connectivity index (χ4n) is 3.19. The second-order valence-electron chi connectivity index (χ2n) is 6.13. The van der Waals surface area contributed by atoms with Crippen molar-refractivity contribution >= 4 is 17.8 Å². The van der Waals surface area contributed by atoms with Gasteiger partial charge in [-0.05, 0) is 31.1 Å². The lowest BCUT2D eigenvalue weighted by Crippen LogP contribution is -2.20. The predicted octanol–water partition coefficient (Wildman–Crippen LogP) is 2.74. The van der Waals surface area contributed by atoms with Gasteiger partial charge in [0.1, 0.15) is 6.61 Å². The number of nitrogens with zero attached hydrogens (tertiary/aromatic N) is 3. The molecule has 6 nitrogen and oxygen atoms in total. The Hall–Kier alpha value is -2.89. The Morgan fingerprint density at radius 2 is 1.96 bits per heavy atom. The molecule has 0 aliphatic carbocycles. The molecule has 0 amide bonds. The van der Waals surface area contributed by atoms with E-state index in [0.29, 0.717) is 22.6 Å². The molecule has 1 saturated heterocycles. The fraction of sp³-hybridized carbons (Fsp3) is 0.316. The summed E-state index contributed by atoms with van der Waals surface area (Å²) in [5.41, 5.74) is 1.89. The molecule has 6 heteroatoms. The van der Waals surface area contributed by atoms with Crippen LogP contribution in [0.4, 0.5) is 5.95 Å². The molecule has 0 bridgehead atoms. The number of ether oxygens (including phenoxy) is 2. The summed E-state index contributed by atoms with van der Waals surface area (Å²) in [6.07, 6.45) is 7.66. The number of methoxy groups -OCH3 is 1. The lowest BCUT2D eigenvalue weighted by Gasteiger charge is -2.20. The highest BCUT2D eigenvalue weighted by molar-refractivity contribution is 6.14. The number of hydrogen-bond acceptors (Lipinski definition) is 6. The Morgan fingerprint density at radius 3 is 2.68 bits per heavy atom. The SMILES string of the molecule is COc1cccc2c1OCC(=Cc1cnc(N3CCCC3)nc1)C2=O. The van der Waals surface area contributed by atoms with Crippen LogP contribution in [0.25, 0.3) is 6.08 Å². The van der Waals surface area contributed by atoms with E-state index in [1.54, 1.807) is 43.8 Å². The van der Waals surface area contributed by atoms with Crippen LogP contribution in [0.5, 0.6) is 11.5 Å². The fourth-order valence-corrected chi connectivity index (χ4v) is 3.19. The Morgan fingerprint density at radius 1 is 1.20 bits per heavy atom. The summed E-state index contributed by atoms with van der Waals surface area (Å²) >= 11 is 0. The second-order valence-corrected chi connectivity index (χ2v) is 6.13. The molecule has 4 rings (SSSR count). The Balaban J connectivity index is 1.58. The molecule has 2 aliphatic heterocycles. The zero-order valence-corrected chi connectivity index (χ0v) is 14.1. The molecule has 0 N–H and O–H groups in total. The Kier molecular flexibility index (Phi) is 4.09. The minimum atomic E-state index is -0.0521. The summed E-state index contributed by atoms with van der Waals surface area (Å²) in [5.74, 6) is 1.78. The van der Waals surface area contributed by atoms with Crippen LogP contribution in [0.2, 0.25) is 0 Å². The highest BCUT2D eigenvalue weighted by Crippen LogP contribution is 2.36. The molecule has 1 aromatic heterocycles. The van der Waals surface area contributed by atoms with Gasteiger partial charge in [-0.1, -0.05) is 6.07 Å². The third-order valence-corrected chi connectivity index (χ3v) is 4.50. The van der Waals surface area contributed by atoms with Gasteiger partial charge in [-0.2, -0.15) is 0 Å². The van der Waals surface area contributed by atoms with Gasteiger partial charge in [-0.25, -0.2) is 9.97 Å². The number of hydrogen-bond donors (Lipinski definition) is 0. The van der Waals surface area contributed by atoms with Crippen molar-refractivity contribution in [3.8, 4) is 11.5 Å². The van der Waals surface area contributed by atoms with Gasteiger partial charge >= 0.3 is 0 Å². The molecule has 1 fully saturated rings. The maximum Gasteiger partial charge on any atom is 0.225 e. The van der Waals surface area contributed by atoms with Gasteiger partial charge in [-0.3, -0.25) is 4.79 Å². The summed E-state index contributed by atoms with van der Waals surface area (Å²) in [4.78, 5) is 23.7. The van der Waals surface area contributed by atoms with Crippen molar-refractivity contribution in [1.29, 1.82) is 0 Å². The molecule has 25 heavy (non-hydrogen) atoms. The Bertz CT molecular complexity index is 824. The average Bonchev–Trinajstić information content (AvgIpc) is 3.19. The zero-order valence-electron chi connectivity index (χ0n) is 14.1. The molecule has 0 unspecified atom stereocenters. The van der Waals surface area contributed by atoms with Crippen molar-refractivity contribution in [1.82, 2.24) is 9.97 Å². The maximum atomic E-state index is 12.7. The van der Waals surface area contributed by atoms with Crippen LogP contribution in [0.15, 0.2) is 36.2 Å². The zero-order chi connectivity index (χ0) is 17.2. The highest BCUT2D eigenvalue weighted by atomic mass is 16.5. The summed E-state index contributed by atoms with van der Waals surface area (Å²) in [7, 11) is 1.56. The normalized spacial score (nSPS) is 18.2. The number of carbonyl (C=O) groups excluding carboxylic acids is 1. The standard InChI is InChI=1S/C19H19N3O3/c1-24-16-6-4-5-15-17(23)14(12-25-18(15)16)9-13-10-20-19(21-11-13)22-7-2-3-8-22/h4-6,9-11H,2-3,7-8,12H2,1H3. The summed E-state index contributed by atoms with van der Waals surface area (Å²) < 4.78 is 11.0. The van der Waals surface area contributed by atoms with Crippen LogP contribution >= 0.6 is 0 Å². The highest BCUT2D eigenvalue weighted by Gasteiger charge is 2.26. The van der Waals surface area contributed by atoms with Crippen LogP contribution in [0, 0.1) is 0 Å². The lowest BCUT2D eigenvalue weighted by atomic mass is 9.98. The first-order valence-corrected chi connectivity index (χ1v) is 8.38. The van der Waals surface area contributed by atoms with Gasteiger partial charge < -0.3 is 14.4 Å². The first-order chi connectivity index (χ1) is 12.3. The molecule has 3 heterocycles. The van der Waals surface area contributed by atoms with E-state index >= 15 is 0 Å². The maximum absolute atomic E-state index is 12.7. The van der Waals surface area contributed by atoms with E-state index in [0.717, 1.165) is 24.6 Å². The van der Waals surface area contributed by atoms with E-state index in [2.05, 4.69) is 14.9 Å². The molecule has 0 atom stereocenters. The minimum absolute atomic E-state index is 0.0521. The van der Waals surface area contributed by atoms with Crippen molar-refractivity contribution in [2.24, 2.45) is 0 Å². The van der Waals surface area contributed by atoms with E-state index in [1.165, 1.54) is 12.8 Å². The number of carbonyl (C=O) groups is 1. The summed E-state index contributed by atoms with van der Waals surface area (Å²) in [6, 6.07) is 5.32. The van der Waals surface area contributed by atoms with Crippen LogP contribution < -0.4 is 14.4 Å². The number of aromatic nitrogens is 2. The minimum Gasteiger partial charge on any atom is -0.493 e. The summed E-state index contributed by atoms with van der Waals surface area (Å²) in [5, 5.41) is 0. The molecular weight excluding hydrogens is 318 g/mol. The molecule has 0 saturated carbocycles. The monoisotopic (exact) mass is 337 g/mol. The van der Waals surface area contributed by atoms with Gasteiger partial charge in [0.2, 0.25) is 5.95 Å². The van der Waals surface area contributed by atoms with Crippen molar-refractivity contribution in [2.45, 2.75) is 12.8 Å². The third kappa shape index (κ3) is 2.95. The quantitative estimate of drug-likeness (QED) is 0.803. The molecular formula is C19H19N3O3. The van der Waals surface area contributed by atoms with Crippen molar-refractivity contribution < 1.29 is 14.3 Å². The second kappa shape index (κ2) is 6.55. The predicted molar refractivity (Wildman–Crippen MR) is 94.3 cm³/mol. The molecule has 1 aromatic carbocycles. The van der Waals surface area contributed by atoms with Crippen LogP contribution in [0.1, 0.15) is 28.8 Å². The van der Waals surface area contributed by atoms with Gasteiger partial charge in [0.05, 0.1) is 12.7 Å². The van der Waals surface area contributed by atoms with Crippen molar-refractivity contribution in [2.75, 3.05) is 31.7 Å². The van der Waals surface area contributed by atoms with E-state index < -0.39 is 0 Å². The van der Waals surface area contributed by atoms with E-state index in [-0.39, 0.29) is 12.4 Å². The van der Waals surface area contributed by atoms with E-state index in [9.17, 15) is 4.79 Å². The van der Waals surface area contributed by atoms with Crippen molar-refractivity contribution in [3.05, 3.63) is 47.3 Å². The largest absolute Gasteiger partial charge is 0.493 e. The number of para-hydroxylation sites is 1. The molecule has 2 aliphatic rings. The van der Waals surface area contributed by atoms with Gasteiger partial charge in [0.15, 0.2) is 17.3 Å². The molecule has 128 valence electrons. The van der Waals surface area contributed by atoms with Gasteiger partial charge in [-0.15, -0.1) is 0 Å². The number of Topliss-reactive ketones (excluding diaryl/α,β-unsaturated/α-hetero) is 1. The van der Waals surface area contributed by atoms with Crippen LogP contribution in [0.3, 0.4) is 0 Å². The summed E-state index contributed by atoms with van der Waals surface area (Å²) in [6.45, 7) is 2.22. The topological polar surface area (TPSA) is 64.6 Å². The van der Waals surface area contributed by atoms with Gasteiger partial charge in [0.25, 0.3) is 0 Å². The first kappa shape index (κ1) is 15.6. The van der Waals surface area contributed by atoms with Crippen LogP contribution in [-0.2, 0) is 0 Å². The Labute approximate surface area is 146 Å². The molecule has 0 spiro atoms. The van der Waals surface area contributed by atoms with Crippen molar-refractivity contribution in [3.63, 3.8) is 0 Å². The molecule has 2 aromatic rings. The lowest BCUT2D eigenvalue weighted by molar-refractivity contribution is 0.0999. The van der Waals surface area contributed by atoms with E-state index in [1.807, 2.05) is 0 Å². The smallest absolute Gasteiger partial charge is 0.225 e. The van der Waals surface area contributed by atoms with E-state index in [4.69, 9.17) is 9.47 Å². The number of rotatable bonds is 3. The average molecular weight is 337 g/mol. The first-order valence-electron chi connectivity index (χ1n) is 8.38. The third-order valence-electron chi connectivity index (χ3n) is 4.50. The molecule has 0 radical (unpaired) electrons. The number of benzene rings is 1. The number of anilines is 1. The number of ketones is 1.